The van der Waals surface area contributed by atoms with E-state index in [1.165, 1.54) is 0 Å². The molecule has 4 rings (SSSR count). The highest BCUT2D eigenvalue weighted by Gasteiger charge is 2.17. The third-order valence-electron chi connectivity index (χ3n) is 4.64. The van der Waals surface area contributed by atoms with Crippen LogP contribution in [0.5, 0.6) is 11.5 Å². The van der Waals surface area contributed by atoms with Crippen LogP contribution in [0.25, 0.3) is 0 Å². The van der Waals surface area contributed by atoms with Crippen LogP contribution in [0.4, 0.5) is 5.69 Å². The van der Waals surface area contributed by atoms with Crippen LogP contribution in [-0.2, 0) is 24.2 Å². The van der Waals surface area contributed by atoms with Crippen molar-refractivity contribution in [2.75, 3.05) is 11.9 Å². The van der Waals surface area contributed by atoms with Crippen LogP contribution < -0.4 is 15.4 Å². The Balaban J connectivity index is 1.27. The smallest absolute Gasteiger partial charge is 0.316 e. The van der Waals surface area contributed by atoms with E-state index in [1.807, 2.05) is 12.1 Å². The largest absolute Gasteiger partial charge is 0.508 e. The molecule has 2 heterocycles. The average molecular weight is 408 g/mol. The molecule has 9 nitrogen and oxygen atoms in total. The first-order valence-corrected chi connectivity index (χ1v) is 9.51. The van der Waals surface area contributed by atoms with E-state index < -0.39 is 5.91 Å². The Morgan fingerprint density at radius 3 is 2.87 bits per heavy atom. The Labute approximate surface area is 172 Å². The molecule has 1 aliphatic heterocycles. The average Bonchev–Trinajstić information content (AvgIpc) is 3.22. The summed E-state index contributed by atoms with van der Waals surface area (Å²) in [6.07, 6.45) is 1.79. The Morgan fingerprint density at radius 2 is 2.03 bits per heavy atom. The number of amides is 2. The lowest BCUT2D eigenvalue weighted by molar-refractivity contribution is -0.116. The van der Waals surface area contributed by atoms with Crippen molar-refractivity contribution in [3.8, 4) is 11.5 Å². The number of aryl methyl sites for hydroxylation is 1. The number of carbonyl (C=O) groups is 2. The molecule has 0 unspecified atom stereocenters. The normalized spacial score (nSPS) is 12.7. The Kier molecular flexibility index (Phi) is 5.60. The van der Waals surface area contributed by atoms with Crippen LogP contribution in [0.2, 0.25) is 0 Å². The van der Waals surface area contributed by atoms with Crippen molar-refractivity contribution >= 4 is 17.5 Å². The van der Waals surface area contributed by atoms with E-state index in [4.69, 9.17) is 9.26 Å². The van der Waals surface area contributed by atoms with E-state index in [0.717, 1.165) is 16.8 Å². The maximum absolute atomic E-state index is 12.1. The second-order valence-electron chi connectivity index (χ2n) is 6.84. The fourth-order valence-electron chi connectivity index (χ4n) is 3.05. The van der Waals surface area contributed by atoms with Gasteiger partial charge in [-0.15, -0.1) is 0 Å². The minimum absolute atomic E-state index is 0.0149. The molecular weight excluding hydrogens is 388 g/mol. The Morgan fingerprint density at radius 1 is 1.20 bits per heavy atom. The summed E-state index contributed by atoms with van der Waals surface area (Å²) in [6, 6.07) is 12.2. The number of aromatic hydroxyl groups is 1. The Hall–Kier alpha value is -3.88. The van der Waals surface area contributed by atoms with E-state index in [1.54, 1.807) is 30.3 Å². The molecule has 154 valence electrons. The lowest BCUT2D eigenvalue weighted by Crippen LogP contribution is -2.26. The third kappa shape index (κ3) is 4.75. The number of anilines is 1. The highest BCUT2D eigenvalue weighted by atomic mass is 16.5. The molecule has 0 bridgehead atoms. The van der Waals surface area contributed by atoms with Crippen molar-refractivity contribution in [1.29, 1.82) is 0 Å². The van der Waals surface area contributed by atoms with Crippen LogP contribution in [0, 0.1) is 0 Å². The predicted molar refractivity (Wildman–Crippen MR) is 106 cm³/mol. The molecule has 2 amide bonds. The standard InChI is InChI=1S/C21H20N4O5/c26-15-5-1-13(2-6-15)9-10-22-20(28)21-24-18(25-30-21)12-29-16-7-3-14-4-8-19(27)23-17(14)11-16/h1-3,5-7,11,26H,4,8-10,12H2,(H,22,28)(H,23,27). The number of nitrogens with zero attached hydrogens (tertiary/aromatic N) is 2. The van der Waals surface area contributed by atoms with Gasteiger partial charge in [0.2, 0.25) is 11.7 Å². The number of rotatable bonds is 7. The Bertz CT molecular complexity index is 1060. The van der Waals surface area contributed by atoms with Crippen molar-refractivity contribution in [3.63, 3.8) is 0 Å². The van der Waals surface area contributed by atoms with Crippen LogP contribution in [0.1, 0.15) is 34.1 Å². The number of aromatic nitrogens is 2. The molecule has 0 fully saturated rings. The molecule has 0 spiro atoms. The second-order valence-corrected chi connectivity index (χ2v) is 6.84. The van der Waals surface area contributed by atoms with Crippen molar-refractivity contribution < 1.29 is 24.0 Å². The summed E-state index contributed by atoms with van der Waals surface area (Å²) < 4.78 is 10.6. The van der Waals surface area contributed by atoms with Gasteiger partial charge >= 0.3 is 11.8 Å². The summed E-state index contributed by atoms with van der Waals surface area (Å²) in [6.45, 7) is 0.412. The maximum atomic E-state index is 12.1. The van der Waals surface area contributed by atoms with E-state index in [-0.39, 0.29) is 30.0 Å². The minimum Gasteiger partial charge on any atom is -0.508 e. The highest BCUT2D eigenvalue weighted by Crippen LogP contribution is 2.27. The van der Waals surface area contributed by atoms with Crippen molar-refractivity contribution in [1.82, 2.24) is 15.5 Å². The fraction of sp³-hybridized carbons (Fsp3) is 0.238. The number of hydrogen-bond acceptors (Lipinski definition) is 7. The summed E-state index contributed by atoms with van der Waals surface area (Å²) in [5, 5.41) is 18.6. The number of phenolic OH excluding ortho intramolecular Hbond substituents is 1. The summed E-state index contributed by atoms with van der Waals surface area (Å²) >= 11 is 0. The highest BCUT2D eigenvalue weighted by molar-refractivity contribution is 5.94. The molecule has 1 aromatic heterocycles. The molecule has 30 heavy (non-hydrogen) atoms. The van der Waals surface area contributed by atoms with Gasteiger partial charge in [-0.25, -0.2) is 0 Å². The van der Waals surface area contributed by atoms with E-state index in [2.05, 4.69) is 20.8 Å². The number of phenols is 1. The molecule has 0 radical (unpaired) electrons. The van der Waals surface area contributed by atoms with Crippen molar-refractivity contribution in [2.24, 2.45) is 0 Å². The zero-order chi connectivity index (χ0) is 20.9. The van der Waals surface area contributed by atoms with Gasteiger partial charge in [0.15, 0.2) is 6.61 Å². The van der Waals surface area contributed by atoms with Crippen LogP contribution >= 0.6 is 0 Å². The first-order valence-electron chi connectivity index (χ1n) is 9.51. The molecule has 3 aromatic rings. The van der Waals surface area contributed by atoms with E-state index in [9.17, 15) is 14.7 Å². The zero-order valence-corrected chi connectivity index (χ0v) is 16.1. The van der Waals surface area contributed by atoms with Gasteiger partial charge in [-0.3, -0.25) is 9.59 Å². The summed E-state index contributed by atoms with van der Waals surface area (Å²) in [5.74, 6) is 0.365. The number of nitrogens with one attached hydrogen (secondary N) is 2. The summed E-state index contributed by atoms with van der Waals surface area (Å²) in [5.41, 5.74) is 2.78. The topological polar surface area (TPSA) is 127 Å². The van der Waals surface area contributed by atoms with Gasteiger partial charge in [0.25, 0.3) is 0 Å². The van der Waals surface area contributed by atoms with Crippen LogP contribution in [0.3, 0.4) is 0 Å². The quantitative estimate of drug-likeness (QED) is 0.547. The number of carbonyl (C=O) groups excluding carboxylic acids is 2. The molecular formula is C21H20N4O5. The molecule has 2 aromatic carbocycles. The lowest BCUT2D eigenvalue weighted by atomic mass is 10.0. The number of hydrogen-bond donors (Lipinski definition) is 3. The first-order chi connectivity index (χ1) is 14.6. The van der Waals surface area contributed by atoms with E-state index >= 15 is 0 Å². The summed E-state index contributed by atoms with van der Waals surface area (Å²) in [7, 11) is 0. The molecule has 1 aliphatic rings. The summed E-state index contributed by atoms with van der Waals surface area (Å²) in [4.78, 5) is 27.7. The second kappa shape index (κ2) is 8.64. The first kappa shape index (κ1) is 19.4. The SMILES string of the molecule is O=C1CCc2ccc(OCc3noc(C(=O)NCCc4ccc(O)cc4)n3)cc2N1. The maximum Gasteiger partial charge on any atom is 0.316 e. The monoisotopic (exact) mass is 408 g/mol. The van der Waals surface area contributed by atoms with Crippen molar-refractivity contribution in [2.45, 2.75) is 25.9 Å². The molecule has 3 N–H and O–H groups in total. The number of fused-ring (bicyclic) bond motifs is 1. The minimum atomic E-state index is -0.468. The third-order valence-corrected chi connectivity index (χ3v) is 4.64. The van der Waals surface area contributed by atoms with Crippen LogP contribution in [0.15, 0.2) is 47.0 Å². The van der Waals surface area contributed by atoms with Gasteiger partial charge in [0, 0.05) is 24.7 Å². The fourth-order valence-corrected chi connectivity index (χ4v) is 3.05. The van der Waals surface area contributed by atoms with Crippen LogP contribution in [-0.4, -0.2) is 33.6 Å². The van der Waals surface area contributed by atoms with Gasteiger partial charge in [0.05, 0.1) is 0 Å². The van der Waals surface area contributed by atoms with Gasteiger partial charge < -0.3 is 25.0 Å². The van der Waals surface area contributed by atoms with Gasteiger partial charge in [0.1, 0.15) is 11.5 Å². The van der Waals surface area contributed by atoms with Gasteiger partial charge in [-0.1, -0.05) is 23.4 Å². The lowest BCUT2D eigenvalue weighted by Gasteiger charge is -2.17. The molecule has 9 heteroatoms. The zero-order valence-electron chi connectivity index (χ0n) is 16.1. The number of benzene rings is 2. The number of ether oxygens (including phenoxy) is 1. The van der Waals surface area contributed by atoms with Crippen molar-refractivity contribution in [3.05, 3.63) is 65.3 Å². The predicted octanol–water partition coefficient (Wildman–Crippen LogP) is 2.21. The van der Waals surface area contributed by atoms with E-state index in [0.29, 0.717) is 31.6 Å². The molecule has 0 atom stereocenters. The molecule has 0 saturated carbocycles. The van der Waals surface area contributed by atoms with Gasteiger partial charge in [-0.2, -0.15) is 4.98 Å². The van der Waals surface area contributed by atoms with Gasteiger partial charge in [-0.05, 0) is 42.2 Å². The molecule has 0 saturated heterocycles. The molecule has 0 aliphatic carbocycles.